The van der Waals surface area contributed by atoms with Gasteiger partial charge in [0.25, 0.3) is 0 Å². The monoisotopic (exact) mass is 414 g/mol. The first-order valence-electron chi connectivity index (χ1n) is 10.2. The lowest BCUT2D eigenvalue weighted by Crippen LogP contribution is -2.49. The molecule has 2 aromatic carbocycles. The Bertz CT molecular complexity index is 817. The first kappa shape index (κ1) is 20.2. The maximum atomic E-state index is 11.0. The van der Waals surface area contributed by atoms with Gasteiger partial charge in [-0.05, 0) is 54.3 Å². The Morgan fingerprint density at radius 3 is 2.38 bits per heavy atom. The van der Waals surface area contributed by atoms with Crippen molar-refractivity contribution in [2.24, 2.45) is 5.92 Å². The standard InChI is InChI=1S/C23H27ClN2O3/c24-20-5-1-17(2-6-20)22-9-14-29-16-19(22)15-25-10-12-26(13-11-25)21-7-3-18(4-8-21)23(27)28/h1-8,19,22H,9-16H2,(H,27,28). The van der Waals surface area contributed by atoms with E-state index in [0.29, 0.717) is 17.4 Å². The van der Waals surface area contributed by atoms with E-state index < -0.39 is 5.97 Å². The molecule has 6 heteroatoms. The van der Waals surface area contributed by atoms with E-state index in [9.17, 15) is 4.79 Å². The number of aromatic carboxylic acids is 1. The Balaban J connectivity index is 1.34. The molecule has 5 nitrogen and oxygen atoms in total. The smallest absolute Gasteiger partial charge is 0.335 e. The molecule has 154 valence electrons. The van der Waals surface area contributed by atoms with Crippen molar-refractivity contribution in [3.05, 3.63) is 64.7 Å². The fourth-order valence-electron chi connectivity index (χ4n) is 4.46. The van der Waals surface area contributed by atoms with Gasteiger partial charge in [0.2, 0.25) is 0 Å². The summed E-state index contributed by atoms with van der Waals surface area (Å²) in [6, 6.07) is 15.5. The molecule has 0 saturated carbocycles. The number of piperazine rings is 1. The topological polar surface area (TPSA) is 53.0 Å². The van der Waals surface area contributed by atoms with Gasteiger partial charge in [-0.2, -0.15) is 0 Å². The largest absolute Gasteiger partial charge is 0.478 e. The van der Waals surface area contributed by atoms with Crippen molar-refractivity contribution < 1.29 is 14.6 Å². The van der Waals surface area contributed by atoms with Crippen LogP contribution in [0.5, 0.6) is 0 Å². The zero-order valence-corrected chi connectivity index (χ0v) is 17.2. The molecule has 2 atom stereocenters. The van der Waals surface area contributed by atoms with E-state index in [4.69, 9.17) is 21.4 Å². The van der Waals surface area contributed by atoms with Gasteiger partial charge in [0.15, 0.2) is 0 Å². The van der Waals surface area contributed by atoms with Crippen molar-refractivity contribution >= 4 is 23.3 Å². The summed E-state index contributed by atoms with van der Waals surface area (Å²) in [6.45, 7) is 6.58. The minimum absolute atomic E-state index is 0.331. The van der Waals surface area contributed by atoms with Gasteiger partial charge in [0.1, 0.15) is 0 Å². The number of halogens is 1. The normalized spacial score (nSPS) is 23.1. The Kier molecular flexibility index (Phi) is 6.38. The van der Waals surface area contributed by atoms with E-state index in [-0.39, 0.29) is 0 Å². The van der Waals surface area contributed by atoms with Crippen molar-refractivity contribution in [1.82, 2.24) is 4.90 Å². The number of carboxylic acid groups (broad SMARTS) is 1. The summed E-state index contributed by atoms with van der Waals surface area (Å²) >= 11 is 6.06. The zero-order chi connectivity index (χ0) is 20.2. The number of hydrogen-bond acceptors (Lipinski definition) is 4. The fourth-order valence-corrected chi connectivity index (χ4v) is 4.59. The van der Waals surface area contributed by atoms with Gasteiger partial charge in [-0.1, -0.05) is 23.7 Å². The Labute approximate surface area is 176 Å². The molecule has 2 aliphatic heterocycles. The molecule has 2 aromatic rings. The van der Waals surface area contributed by atoms with Crippen molar-refractivity contribution in [1.29, 1.82) is 0 Å². The molecule has 0 amide bonds. The molecule has 2 unspecified atom stereocenters. The first-order chi connectivity index (χ1) is 14.1. The molecule has 2 aliphatic rings. The molecule has 0 aromatic heterocycles. The summed E-state index contributed by atoms with van der Waals surface area (Å²) in [5, 5.41) is 9.84. The van der Waals surface area contributed by atoms with Crippen LogP contribution in [-0.2, 0) is 4.74 Å². The van der Waals surface area contributed by atoms with Gasteiger partial charge < -0.3 is 14.7 Å². The highest BCUT2D eigenvalue weighted by Gasteiger charge is 2.30. The number of ether oxygens (including phenoxy) is 1. The van der Waals surface area contributed by atoms with Crippen molar-refractivity contribution in [3.63, 3.8) is 0 Å². The molecule has 1 N–H and O–H groups in total. The van der Waals surface area contributed by atoms with Crippen LogP contribution in [0, 0.1) is 5.92 Å². The molecule has 0 radical (unpaired) electrons. The van der Waals surface area contributed by atoms with Crippen LogP contribution in [0.4, 0.5) is 5.69 Å². The maximum absolute atomic E-state index is 11.0. The predicted octanol–water partition coefficient (Wildman–Crippen LogP) is 3.98. The second-order valence-electron chi connectivity index (χ2n) is 7.92. The third-order valence-corrected chi connectivity index (χ3v) is 6.37. The van der Waals surface area contributed by atoms with E-state index in [0.717, 1.165) is 63.1 Å². The first-order valence-corrected chi connectivity index (χ1v) is 10.6. The number of carboxylic acids is 1. The lowest BCUT2D eigenvalue weighted by Gasteiger charge is -2.40. The maximum Gasteiger partial charge on any atom is 0.335 e. The minimum Gasteiger partial charge on any atom is -0.478 e. The van der Waals surface area contributed by atoms with E-state index in [1.807, 2.05) is 24.3 Å². The van der Waals surface area contributed by atoms with Crippen molar-refractivity contribution in [2.75, 3.05) is 50.8 Å². The number of benzene rings is 2. The molecular formula is C23H27ClN2O3. The van der Waals surface area contributed by atoms with E-state index in [1.165, 1.54) is 5.56 Å². The van der Waals surface area contributed by atoms with Crippen molar-refractivity contribution in [2.45, 2.75) is 12.3 Å². The molecule has 4 rings (SSSR count). The highest BCUT2D eigenvalue weighted by Crippen LogP contribution is 2.33. The van der Waals surface area contributed by atoms with Crippen LogP contribution < -0.4 is 4.90 Å². The van der Waals surface area contributed by atoms with Crippen LogP contribution >= 0.6 is 11.6 Å². The van der Waals surface area contributed by atoms with Gasteiger partial charge in [0.05, 0.1) is 12.2 Å². The van der Waals surface area contributed by atoms with Gasteiger partial charge in [-0.25, -0.2) is 4.79 Å². The van der Waals surface area contributed by atoms with Crippen LogP contribution in [0.2, 0.25) is 5.02 Å². The number of rotatable bonds is 5. The Morgan fingerprint density at radius 1 is 1.03 bits per heavy atom. The third kappa shape index (κ3) is 4.92. The van der Waals surface area contributed by atoms with Crippen LogP contribution in [0.3, 0.4) is 0 Å². The van der Waals surface area contributed by atoms with E-state index >= 15 is 0 Å². The SMILES string of the molecule is O=C(O)c1ccc(N2CCN(CC3COCCC3c3ccc(Cl)cc3)CC2)cc1. The molecule has 2 heterocycles. The highest BCUT2D eigenvalue weighted by atomic mass is 35.5. The molecule has 29 heavy (non-hydrogen) atoms. The summed E-state index contributed by atoms with van der Waals surface area (Å²) in [5.74, 6) is 0.125. The molecule has 2 fully saturated rings. The van der Waals surface area contributed by atoms with Crippen molar-refractivity contribution in [3.8, 4) is 0 Å². The summed E-state index contributed by atoms with van der Waals surface area (Å²) in [5.41, 5.74) is 2.78. The summed E-state index contributed by atoms with van der Waals surface area (Å²) < 4.78 is 5.81. The molecule has 2 saturated heterocycles. The third-order valence-electron chi connectivity index (χ3n) is 6.12. The minimum atomic E-state index is -0.883. The average molecular weight is 415 g/mol. The van der Waals surface area contributed by atoms with Gasteiger partial charge in [-0.3, -0.25) is 4.90 Å². The highest BCUT2D eigenvalue weighted by molar-refractivity contribution is 6.30. The average Bonchev–Trinajstić information content (AvgIpc) is 2.75. The second kappa shape index (κ2) is 9.16. The van der Waals surface area contributed by atoms with Crippen LogP contribution in [0.1, 0.15) is 28.3 Å². The predicted molar refractivity (Wildman–Crippen MR) is 115 cm³/mol. The number of carbonyl (C=O) groups is 1. The van der Waals surface area contributed by atoms with E-state index in [1.54, 1.807) is 12.1 Å². The zero-order valence-electron chi connectivity index (χ0n) is 16.5. The van der Waals surface area contributed by atoms with Crippen LogP contribution in [0.15, 0.2) is 48.5 Å². The second-order valence-corrected chi connectivity index (χ2v) is 8.36. The molecule has 0 aliphatic carbocycles. The number of anilines is 1. The summed E-state index contributed by atoms with van der Waals surface area (Å²) in [6.07, 6.45) is 1.06. The molecular weight excluding hydrogens is 388 g/mol. The number of hydrogen-bond donors (Lipinski definition) is 1. The summed E-state index contributed by atoms with van der Waals surface area (Å²) in [7, 11) is 0. The number of nitrogens with zero attached hydrogens (tertiary/aromatic N) is 2. The lowest BCUT2D eigenvalue weighted by atomic mass is 9.82. The van der Waals surface area contributed by atoms with E-state index in [2.05, 4.69) is 21.9 Å². The summed E-state index contributed by atoms with van der Waals surface area (Å²) in [4.78, 5) is 15.9. The molecule has 0 bridgehead atoms. The van der Waals surface area contributed by atoms with Gasteiger partial charge in [0, 0.05) is 56.0 Å². The molecule has 0 spiro atoms. The fraction of sp³-hybridized carbons (Fsp3) is 0.435. The Morgan fingerprint density at radius 2 is 1.72 bits per heavy atom. The lowest BCUT2D eigenvalue weighted by molar-refractivity contribution is 0.0234. The quantitative estimate of drug-likeness (QED) is 0.802. The van der Waals surface area contributed by atoms with Crippen LogP contribution in [0.25, 0.3) is 0 Å². The van der Waals surface area contributed by atoms with Gasteiger partial charge >= 0.3 is 5.97 Å². The Hall–Kier alpha value is -2.08. The van der Waals surface area contributed by atoms with Gasteiger partial charge in [-0.15, -0.1) is 0 Å². The van der Waals surface area contributed by atoms with Crippen LogP contribution in [-0.4, -0.2) is 61.9 Å².